The van der Waals surface area contributed by atoms with E-state index >= 15 is 0 Å². The fraction of sp³-hybridized carbons (Fsp3) is 0.0909. The molecule has 9 heterocycles. The van der Waals surface area contributed by atoms with Gasteiger partial charge in [0.2, 0.25) is 0 Å². The first kappa shape index (κ1) is 87.5. The molecular formula is C132H96N6O6Si. The monoisotopic (exact) mass is 1890 g/mol. The third kappa shape index (κ3) is 13.3. The summed E-state index contributed by atoms with van der Waals surface area (Å²) in [6, 6.07) is 144. The van der Waals surface area contributed by atoms with Crippen molar-refractivity contribution in [1.82, 2.24) is 22.3 Å². The highest BCUT2D eigenvalue weighted by Gasteiger charge is 2.49. The van der Waals surface area contributed by atoms with E-state index in [1.165, 1.54) is 31.5 Å². The van der Waals surface area contributed by atoms with Crippen molar-refractivity contribution >= 4 is 204 Å². The fourth-order valence-electron chi connectivity index (χ4n) is 23.5. The average Bonchev–Trinajstić information content (AvgIpc) is 0.910. The van der Waals surface area contributed by atoms with Crippen molar-refractivity contribution in [2.75, 3.05) is 4.90 Å². The second kappa shape index (κ2) is 32.6. The van der Waals surface area contributed by atoms with Gasteiger partial charge in [-0.1, -0.05) is 317 Å². The van der Waals surface area contributed by atoms with Crippen LogP contribution in [0.4, 0.5) is 17.1 Å². The quantitative estimate of drug-likeness (QED) is 0.0883. The van der Waals surface area contributed by atoms with Crippen LogP contribution in [0.1, 0.15) is 79.0 Å². The van der Waals surface area contributed by atoms with Crippen LogP contribution >= 0.6 is 0 Å². The van der Waals surface area contributed by atoms with Crippen LogP contribution in [-0.2, 0) is 16.2 Å². The molecule has 0 bridgehead atoms. The Morgan fingerprint density at radius 1 is 0.186 bits per heavy atom. The number of benzene rings is 19. The molecule has 0 fully saturated rings. The van der Waals surface area contributed by atoms with E-state index in [0.717, 1.165) is 133 Å². The van der Waals surface area contributed by atoms with E-state index in [1.807, 2.05) is 146 Å². The molecule has 27 aromatic rings. The number of nitrogens with zero attached hydrogens (tertiary/aromatic N) is 6. The third-order valence-corrected chi connectivity index (χ3v) is 35.3. The minimum Gasteiger partial charge on any atom is -0.311 e. The van der Waals surface area contributed by atoms with Crippen molar-refractivity contribution < 1.29 is 0 Å². The Morgan fingerprint density at radius 3 is 0.821 bits per heavy atom. The highest BCUT2D eigenvalue weighted by Crippen LogP contribution is 2.45. The average molecular weight is 1890 g/mol. The third-order valence-electron chi connectivity index (χ3n) is 30.5. The zero-order valence-corrected chi connectivity index (χ0v) is 82.5. The van der Waals surface area contributed by atoms with Crippen LogP contribution in [0.15, 0.2) is 447 Å². The maximum Gasteiger partial charge on any atom is 0.197 e. The molecule has 1 aliphatic heterocycles. The highest BCUT2D eigenvalue weighted by atomic mass is 28.3. The van der Waals surface area contributed by atoms with Crippen molar-refractivity contribution in [1.29, 1.82) is 0 Å². The summed E-state index contributed by atoms with van der Waals surface area (Å²) >= 11 is 0. The first-order chi connectivity index (χ1) is 70.4. The number of fused-ring (bicyclic) bond motifs is 20. The minimum absolute atomic E-state index is 0.0349. The number of rotatable bonds is 7. The second-order valence-electron chi connectivity index (χ2n) is 41.9. The summed E-state index contributed by atoms with van der Waals surface area (Å²) in [6.07, 6.45) is 0. The van der Waals surface area contributed by atoms with E-state index in [0.29, 0.717) is 81.2 Å². The molecule has 0 atom stereocenters. The lowest BCUT2D eigenvalue weighted by molar-refractivity contribution is 0.591. The number of para-hydroxylation sites is 7. The summed E-state index contributed by atoms with van der Waals surface area (Å²) in [6.45, 7) is 19.1. The smallest absolute Gasteiger partial charge is 0.197 e. The predicted octanol–water partition coefficient (Wildman–Crippen LogP) is 27.3. The van der Waals surface area contributed by atoms with Gasteiger partial charge >= 0.3 is 0 Å². The number of pyridine rings is 6. The lowest BCUT2D eigenvalue weighted by atomic mass is 9.85. The van der Waals surface area contributed by atoms with Gasteiger partial charge in [-0.3, -0.25) is 28.8 Å². The molecule has 0 N–H and O–H groups in total. The Labute approximate surface area is 834 Å². The molecule has 0 spiro atoms. The number of anilines is 3. The minimum atomic E-state index is -2.78. The molecule has 0 amide bonds. The van der Waals surface area contributed by atoms with Gasteiger partial charge in [0, 0.05) is 115 Å². The Kier molecular flexibility index (Phi) is 19.7. The Hall–Kier alpha value is -17.8. The standard InChI is InChI=1S/C48H36N2O2Si.C48H34N2O2.C36H26N2O2/c1-48(2,3)31-28-37-45-38(29-31)47(52)36-27-26-32(30-42(36)50(45)39-21-11-10-20-35(39)46(37)51)49-40-22-12-14-24-43(40)53(33-16-6-4-7-17-33,34-18-8-5-9-19-34)44-25-15-13-23-41(44)49;1-48(2,3)33-26-39-45-40(27-33)47(52)38-28-34(20-23-42(38)50(45)41-17-11-10-16-37(41)46(39)51)49-43-24-31(29-12-6-4-7-13-29)18-21-35(43)36-22-19-32(25-44(36)49)30-14-8-5-9-15-30;1-36(2,3)21-18-27-33-28(19-21)35(40)26-20-22(16-17-32(26)38(33)31-15-9-6-12-25(31)34(27)39)37-29-13-7-4-10-23(29)24-11-5-8-14-30(24)37/h4-30H,1-3H3;4-28H,1-3H3;4-20H,1-3H3. The molecule has 28 rings (SSSR count). The van der Waals surface area contributed by atoms with Crippen LogP contribution < -0.4 is 58.2 Å². The SMILES string of the molecule is CC(C)(C)c1cc2c(=O)c3ccccc3n3c4cc(N5c6ccccc6[Si](c6ccccc6)(c6ccccc6)c6ccccc65)ccc4c(=O)c(c1)c23.CC(C)(C)c1cc2c(=O)c3ccccc3n3c4ccc(-n5c6cc(-c7ccccc7)ccc6c6ccc(-c7ccccc7)cc65)cc4c(=O)c(c1)c23.CC(C)(C)c1cc2c(=O)c3ccccc3n3c4ccc(-n5c6ccccc6c6ccccc65)cc4c(=O)c(c1)c23. The summed E-state index contributed by atoms with van der Waals surface area (Å²) in [7, 11) is -2.78. The van der Waals surface area contributed by atoms with E-state index in [2.05, 4.69) is 363 Å². The van der Waals surface area contributed by atoms with E-state index in [4.69, 9.17) is 0 Å². The summed E-state index contributed by atoms with van der Waals surface area (Å²) in [5.74, 6) is 0. The van der Waals surface area contributed by atoms with Crippen molar-refractivity contribution in [2.24, 2.45) is 0 Å². The number of aromatic nitrogens is 5. The highest BCUT2D eigenvalue weighted by molar-refractivity contribution is 7.21. The summed E-state index contributed by atoms with van der Waals surface area (Å²) in [5.41, 5.74) is 22.6. The van der Waals surface area contributed by atoms with Gasteiger partial charge in [0.05, 0.1) is 71.7 Å². The Balaban J connectivity index is 0.000000112. The van der Waals surface area contributed by atoms with Gasteiger partial charge in [-0.15, -0.1) is 0 Å². The topological polar surface area (TPSA) is 129 Å². The van der Waals surface area contributed by atoms with Crippen LogP contribution in [0.5, 0.6) is 0 Å². The van der Waals surface area contributed by atoms with Gasteiger partial charge in [0.15, 0.2) is 40.6 Å². The zero-order chi connectivity index (χ0) is 98.7. The van der Waals surface area contributed by atoms with E-state index in [9.17, 15) is 28.8 Å². The molecule has 145 heavy (non-hydrogen) atoms. The maximum absolute atomic E-state index is 14.8. The molecule has 19 aromatic carbocycles. The fourth-order valence-corrected chi connectivity index (χ4v) is 28.6. The molecule has 13 heteroatoms. The maximum atomic E-state index is 14.8. The van der Waals surface area contributed by atoms with Crippen molar-refractivity contribution in [2.45, 2.75) is 78.6 Å². The molecule has 8 aromatic heterocycles. The molecule has 0 saturated heterocycles. The van der Waals surface area contributed by atoms with Gasteiger partial charge < -0.3 is 27.2 Å². The summed E-state index contributed by atoms with van der Waals surface area (Å²) in [5, 5.41) is 17.2. The zero-order valence-electron chi connectivity index (χ0n) is 81.5. The van der Waals surface area contributed by atoms with E-state index in [-0.39, 0.29) is 48.8 Å². The predicted molar refractivity (Wildman–Crippen MR) is 608 cm³/mol. The van der Waals surface area contributed by atoms with Gasteiger partial charge in [0.25, 0.3) is 0 Å². The van der Waals surface area contributed by atoms with E-state index in [1.54, 1.807) is 0 Å². The van der Waals surface area contributed by atoms with Crippen molar-refractivity contribution in [3.63, 3.8) is 0 Å². The van der Waals surface area contributed by atoms with Crippen LogP contribution in [0.3, 0.4) is 0 Å². The number of hydrogen-bond acceptors (Lipinski definition) is 7. The van der Waals surface area contributed by atoms with Crippen molar-refractivity contribution in [3.05, 3.63) is 497 Å². The molecule has 0 saturated carbocycles. The Bertz CT molecular complexity index is 10300. The number of hydrogen-bond donors (Lipinski definition) is 0. The second-order valence-corrected chi connectivity index (χ2v) is 45.6. The molecule has 12 nitrogen and oxygen atoms in total. The molecule has 0 unspecified atom stereocenters. The molecule has 0 radical (unpaired) electrons. The van der Waals surface area contributed by atoms with Crippen LogP contribution in [0, 0.1) is 0 Å². The van der Waals surface area contributed by atoms with Crippen molar-refractivity contribution in [3.8, 4) is 33.6 Å². The largest absolute Gasteiger partial charge is 0.311 e. The first-order valence-corrected chi connectivity index (χ1v) is 51.6. The van der Waals surface area contributed by atoms with Gasteiger partial charge in [-0.05, 0) is 240 Å². The molecule has 1 aliphatic rings. The van der Waals surface area contributed by atoms with Crippen LogP contribution in [-0.4, -0.2) is 30.4 Å². The first-order valence-electron chi connectivity index (χ1n) is 49.6. The Morgan fingerprint density at radius 2 is 0.455 bits per heavy atom. The van der Waals surface area contributed by atoms with Crippen LogP contribution in [0.2, 0.25) is 0 Å². The van der Waals surface area contributed by atoms with Gasteiger partial charge in [-0.25, -0.2) is 0 Å². The lowest BCUT2D eigenvalue weighted by Gasteiger charge is -2.45. The molecule has 694 valence electrons. The van der Waals surface area contributed by atoms with E-state index < -0.39 is 8.07 Å². The summed E-state index contributed by atoms with van der Waals surface area (Å²) in [4.78, 5) is 88.1. The van der Waals surface area contributed by atoms with Gasteiger partial charge in [0.1, 0.15) is 0 Å². The normalized spacial score (nSPS) is 12.9. The summed E-state index contributed by atoms with van der Waals surface area (Å²) < 4.78 is 10.9. The molecule has 0 aliphatic carbocycles. The lowest BCUT2D eigenvalue weighted by Crippen LogP contribution is -2.77. The molecular weight excluding hydrogens is 1790 g/mol. The van der Waals surface area contributed by atoms with Gasteiger partial charge in [-0.2, -0.15) is 0 Å². The van der Waals surface area contributed by atoms with Crippen LogP contribution in [0.25, 0.3) is 192 Å².